The number of benzene rings is 1. The van der Waals surface area contributed by atoms with Gasteiger partial charge in [0, 0.05) is 10.0 Å². The fourth-order valence-electron chi connectivity index (χ4n) is 1.57. The molecule has 1 heterocycles. The summed E-state index contributed by atoms with van der Waals surface area (Å²) in [4.78, 5) is 0. The zero-order valence-corrected chi connectivity index (χ0v) is 12.9. The van der Waals surface area contributed by atoms with E-state index in [2.05, 4.69) is 36.8 Å². The van der Waals surface area contributed by atoms with Crippen molar-refractivity contribution in [2.45, 2.75) is 32.9 Å². The van der Waals surface area contributed by atoms with E-state index in [0.717, 1.165) is 4.68 Å². The van der Waals surface area contributed by atoms with E-state index < -0.39 is 11.6 Å². The van der Waals surface area contributed by atoms with Crippen LogP contribution in [-0.2, 0) is 6.54 Å². The van der Waals surface area contributed by atoms with Gasteiger partial charge in [-0.25, -0.2) is 8.78 Å². The van der Waals surface area contributed by atoms with E-state index in [0.29, 0.717) is 16.8 Å². The van der Waals surface area contributed by atoms with Crippen LogP contribution in [0.4, 0.5) is 8.78 Å². The molecule has 0 aliphatic carbocycles. The minimum absolute atomic E-state index is 0.159. The molecule has 1 aromatic carbocycles. The maximum atomic E-state index is 13.9. The highest BCUT2D eigenvalue weighted by molar-refractivity contribution is 9.10. The van der Waals surface area contributed by atoms with E-state index in [9.17, 15) is 8.78 Å². The number of hydrogen-bond donors (Lipinski definition) is 1. The molecule has 1 aromatic heterocycles. The summed E-state index contributed by atoms with van der Waals surface area (Å²) in [6, 6.07) is 2.34. The SMILES string of the molecule is CC(C)(C)NCc1nnnn1-c1c(F)cc(Br)cc1F. The van der Waals surface area contributed by atoms with Gasteiger partial charge >= 0.3 is 0 Å². The smallest absolute Gasteiger partial charge is 0.170 e. The van der Waals surface area contributed by atoms with Gasteiger partial charge in [0.2, 0.25) is 0 Å². The standard InChI is InChI=1S/C12H14BrF2N5/c1-12(2,3)16-6-10-17-18-19-20(10)11-8(14)4-7(13)5-9(11)15/h4-5,16H,6H2,1-3H3. The lowest BCUT2D eigenvalue weighted by Gasteiger charge is -2.20. The molecule has 0 aliphatic heterocycles. The Balaban J connectivity index is 2.38. The second-order valence-corrected chi connectivity index (χ2v) is 6.24. The number of tetrazole rings is 1. The molecule has 20 heavy (non-hydrogen) atoms. The molecule has 0 bridgehead atoms. The molecule has 2 rings (SSSR count). The first-order valence-corrected chi connectivity index (χ1v) is 6.74. The maximum absolute atomic E-state index is 13.9. The zero-order chi connectivity index (χ0) is 14.9. The van der Waals surface area contributed by atoms with Crippen molar-refractivity contribution in [1.29, 1.82) is 0 Å². The summed E-state index contributed by atoms with van der Waals surface area (Å²) in [5.41, 5.74) is -0.447. The maximum Gasteiger partial charge on any atom is 0.170 e. The fourth-order valence-corrected chi connectivity index (χ4v) is 1.97. The van der Waals surface area contributed by atoms with Crippen molar-refractivity contribution in [2.24, 2.45) is 0 Å². The van der Waals surface area contributed by atoms with Crippen molar-refractivity contribution >= 4 is 15.9 Å². The van der Waals surface area contributed by atoms with E-state index in [-0.39, 0.29) is 11.2 Å². The highest BCUT2D eigenvalue weighted by atomic mass is 79.9. The Kier molecular flexibility index (Phi) is 4.14. The van der Waals surface area contributed by atoms with Gasteiger partial charge in [-0.15, -0.1) is 5.10 Å². The molecule has 5 nitrogen and oxygen atoms in total. The Bertz CT molecular complexity index is 598. The van der Waals surface area contributed by atoms with E-state index in [1.54, 1.807) is 0 Å². The molecule has 0 saturated carbocycles. The molecule has 0 aliphatic rings. The average molecular weight is 346 g/mol. The molecule has 108 valence electrons. The summed E-state index contributed by atoms with van der Waals surface area (Å²) in [5.74, 6) is -1.14. The van der Waals surface area contributed by atoms with Crippen LogP contribution in [0.15, 0.2) is 16.6 Å². The van der Waals surface area contributed by atoms with Crippen LogP contribution in [0.1, 0.15) is 26.6 Å². The Morgan fingerprint density at radius 3 is 2.40 bits per heavy atom. The Morgan fingerprint density at radius 2 is 1.85 bits per heavy atom. The molecule has 0 saturated heterocycles. The predicted molar refractivity (Wildman–Crippen MR) is 73.4 cm³/mol. The molecule has 0 radical (unpaired) electrons. The Hall–Kier alpha value is -1.41. The molecule has 2 aromatic rings. The molecule has 0 unspecified atom stereocenters. The Labute approximate surface area is 123 Å². The van der Waals surface area contributed by atoms with Crippen LogP contribution < -0.4 is 5.32 Å². The molecule has 0 fully saturated rings. The van der Waals surface area contributed by atoms with Crippen LogP contribution in [0.3, 0.4) is 0 Å². The molecule has 8 heteroatoms. The molecular weight excluding hydrogens is 332 g/mol. The van der Waals surface area contributed by atoms with Crippen molar-refractivity contribution in [3.8, 4) is 5.69 Å². The number of aromatic nitrogens is 4. The summed E-state index contributed by atoms with van der Waals surface area (Å²) < 4.78 is 29.2. The summed E-state index contributed by atoms with van der Waals surface area (Å²) in [5, 5.41) is 14.1. The van der Waals surface area contributed by atoms with Crippen molar-refractivity contribution in [2.75, 3.05) is 0 Å². The van der Waals surface area contributed by atoms with Crippen molar-refractivity contribution in [1.82, 2.24) is 25.5 Å². The Morgan fingerprint density at radius 1 is 1.25 bits per heavy atom. The second-order valence-electron chi connectivity index (χ2n) is 5.33. The summed E-state index contributed by atoms with van der Waals surface area (Å²) in [7, 11) is 0. The van der Waals surface area contributed by atoms with Crippen molar-refractivity contribution < 1.29 is 8.78 Å². The van der Waals surface area contributed by atoms with Crippen LogP contribution in [0.25, 0.3) is 5.69 Å². The van der Waals surface area contributed by atoms with E-state index in [1.165, 1.54) is 12.1 Å². The molecule has 0 amide bonds. The molecule has 0 atom stereocenters. The van der Waals surface area contributed by atoms with Crippen LogP contribution in [-0.4, -0.2) is 25.7 Å². The third-order valence-corrected chi connectivity index (χ3v) is 2.96. The third-order valence-electron chi connectivity index (χ3n) is 2.50. The van der Waals surface area contributed by atoms with Crippen LogP contribution in [0, 0.1) is 11.6 Å². The second kappa shape index (κ2) is 5.53. The average Bonchev–Trinajstić information content (AvgIpc) is 2.72. The van der Waals surface area contributed by atoms with Gasteiger partial charge in [-0.2, -0.15) is 4.68 Å². The lowest BCUT2D eigenvalue weighted by molar-refractivity contribution is 0.413. The number of halogens is 3. The molecule has 0 spiro atoms. The van der Waals surface area contributed by atoms with Gasteiger partial charge in [0.1, 0.15) is 5.69 Å². The molecular formula is C12H14BrF2N5. The van der Waals surface area contributed by atoms with Crippen LogP contribution in [0.2, 0.25) is 0 Å². The number of nitrogens with one attached hydrogen (secondary N) is 1. The lowest BCUT2D eigenvalue weighted by atomic mass is 10.1. The van der Waals surface area contributed by atoms with Crippen LogP contribution in [0.5, 0.6) is 0 Å². The van der Waals surface area contributed by atoms with Crippen molar-refractivity contribution in [3.63, 3.8) is 0 Å². The van der Waals surface area contributed by atoms with E-state index in [1.807, 2.05) is 20.8 Å². The first-order chi connectivity index (χ1) is 9.28. The number of hydrogen-bond acceptors (Lipinski definition) is 4. The fraction of sp³-hybridized carbons (Fsp3) is 0.417. The van der Waals surface area contributed by atoms with Gasteiger partial charge in [0.05, 0.1) is 6.54 Å². The summed E-state index contributed by atoms with van der Waals surface area (Å²) >= 11 is 3.03. The van der Waals surface area contributed by atoms with Crippen molar-refractivity contribution in [3.05, 3.63) is 34.1 Å². The van der Waals surface area contributed by atoms with Gasteiger partial charge in [-0.3, -0.25) is 0 Å². The summed E-state index contributed by atoms with van der Waals surface area (Å²) in [6.07, 6.45) is 0. The third kappa shape index (κ3) is 3.37. The van der Waals surface area contributed by atoms with E-state index >= 15 is 0 Å². The normalized spacial score (nSPS) is 11.9. The predicted octanol–water partition coefficient (Wildman–Crippen LogP) is 2.59. The number of rotatable bonds is 3. The highest BCUT2D eigenvalue weighted by Gasteiger charge is 2.19. The van der Waals surface area contributed by atoms with Crippen LogP contribution >= 0.6 is 15.9 Å². The van der Waals surface area contributed by atoms with Gasteiger partial charge in [0.15, 0.2) is 17.5 Å². The monoisotopic (exact) mass is 345 g/mol. The molecule has 1 N–H and O–H groups in total. The van der Waals surface area contributed by atoms with Gasteiger partial charge in [0.25, 0.3) is 0 Å². The first-order valence-electron chi connectivity index (χ1n) is 5.95. The van der Waals surface area contributed by atoms with Gasteiger partial charge < -0.3 is 5.32 Å². The van der Waals surface area contributed by atoms with Gasteiger partial charge in [-0.1, -0.05) is 15.9 Å². The number of nitrogens with zero attached hydrogens (tertiary/aromatic N) is 4. The summed E-state index contributed by atoms with van der Waals surface area (Å²) in [6.45, 7) is 6.22. The lowest BCUT2D eigenvalue weighted by Crippen LogP contribution is -2.36. The topological polar surface area (TPSA) is 55.6 Å². The van der Waals surface area contributed by atoms with E-state index in [4.69, 9.17) is 0 Å². The minimum Gasteiger partial charge on any atom is -0.305 e. The highest BCUT2D eigenvalue weighted by Crippen LogP contribution is 2.22. The first kappa shape index (κ1) is 15.0. The quantitative estimate of drug-likeness (QED) is 0.928. The zero-order valence-electron chi connectivity index (χ0n) is 11.3. The van der Waals surface area contributed by atoms with Gasteiger partial charge in [-0.05, 0) is 43.3 Å². The minimum atomic E-state index is -0.735. The largest absolute Gasteiger partial charge is 0.305 e.